The van der Waals surface area contributed by atoms with Gasteiger partial charge in [-0.3, -0.25) is 14.4 Å². The number of nitrogens with one attached hydrogen (secondary N) is 1. The van der Waals surface area contributed by atoms with Crippen molar-refractivity contribution in [2.75, 3.05) is 19.6 Å². The molecular formula is C21H24N6O3. The predicted molar refractivity (Wildman–Crippen MR) is 112 cm³/mol. The molecule has 1 N–H and O–H groups in total. The van der Waals surface area contributed by atoms with Gasteiger partial charge in [-0.1, -0.05) is 18.2 Å². The number of likely N-dealkylation sites (tertiary alicyclic amines) is 1. The molecule has 1 fully saturated rings. The Morgan fingerprint density at radius 3 is 2.47 bits per heavy atom. The first-order valence-electron chi connectivity index (χ1n) is 10.1. The highest BCUT2D eigenvalue weighted by molar-refractivity contribution is 5.92. The minimum absolute atomic E-state index is 0.125. The molecule has 156 valence electrons. The van der Waals surface area contributed by atoms with Gasteiger partial charge in [-0.15, -0.1) is 0 Å². The number of carbonyl (C=O) groups is 1. The Labute approximate surface area is 172 Å². The number of nitrogens with zero attached hydrogens (tertiary/aromatic N) is 5. The normalized spacial score (nSPS) is 14.3. The number of rotatable bonds is 6. The molecule has 1 amide bonds. The number of fused-ring (bicyclic) bond motifs is 1. The lowest BCUT2D eigenvalue weighted by Gasteiger charge is -2.16. The van der Waals surface area contributed by atoms with Gasteiger partial charge in [0.05, 0.1) is 24.2 Å². The van der Waals surface area contributed by atoms with Gasteiger partial charge in [-0.2, -0.15) is 10.2 Å². The highest BCUT2D eigenvalue weighted by Gasteiger charge is 2.15. The molecule has 3 aromatic rings. The third kappa shape index (κ3) is 4.16. The summed E-state index contributed by atoms with van der Waals surface area (Å²) in [6.07, 6.45) is 2.38. The van der Waals surface area contributed by atoms with Crippen LogP contribution in [0.1, 0.15) is 29.0 Å². The summed E-state index contributed by atoms with van der Waals surface area (Å²) in [7, 11) is 1.49. The van der Waals surface area contributed by atoms with Gasteiger partial charge in [0.25, 0.3) is 17.0 Å². The number of aromatic nitrogens is 4. The molecule has 0 saturated carbocycles. The zero-order valence-corrected chi connectivity index (χ0v) is 16.9. The quantitative estimate of drug-likeness (QED) is 0.638. The Hall–Kier alpha value is -3.33. The van der Waals surface area contributed by atoms with Gasteiger partial charge in [0.1, 0.15) is 5.69 Å². The first kappa shape index (κ1) is 20.0. The van der Waals surface area contributed by atoms with E-state index in [0.29, 0.717) is 23.0 Å². The van der Waals surface area contributed by atoms with Gasteiger partial charge in [-0.25, -0.2) is 9.36 Å². The van der Waals surface area contributed by atoms with Crippen LogP contribution in [0.4, 0.5) is 0 Å². The van der Waals surface area contributed by atoms with Gasteiger partial charge >= 0.3 is 0 Å². The Balaban J connectivity index is 1.58. The van der Waals surface area contributed by atoms with E-state index >= 15 is 0 Å². The van der Waals surface area contributed by atoms with Crippen molar-refractivity contribution in [2.24, 2.45) is 7.05 Å². The Morgan fingerprint density at radius 1 is 1.00 bits per heavy atom. The summed E-state index contributed by atoms with van der Waals surface area (Å²) < 4.78 is 2.60. The monoisotopic (exact) mass is 408 g/mol. The van der Waals surface area contributed by atoms with Crippen molar-refractivity contribution < 1.29 is 4.79 Å². The Kier molecular flexibility index (Phi) is 5.71. The van der Waals surface area contributed by atoms with Crippen LogP contribution in [0, 0.1) is 0 Å². The van der Waals surface area contributed by atoms with Crippen molar-refractivity contribution in [1.29, 1.82) is 0 Å². The number of carbonyl (C=O) groups excluding carboxylic acids is 1. The van der Waals surface area contributed by atoms with E-state index in [2.05, 4.69) is 20.4 Å². The minimum Gasteiger partial charge on any atom is -0.345 e. The van der Waals surface area contributed by atoms with E-state index in [1.807, 2.05) is 18.2 Å². The van der Waals surface area contributed by atoms with E-state index in [1.165, 1.54) is 36.7 Å². The molecule has 0 radical (unpaired) electrons. The highest BCUT2D eigenvalue weighted by atomic mass is 16.2. The fourth-order valence-electron chi connectivity index (χ4n) is 3.71. The van der Waals surface area contributed by atoms with Crippen LogP contribution in [-0.2, 0) is 20.1 Å². The summed E-state index contributed by atoms with van der Waals surface area (Å²) in [5.41, 5.74) is 0.345. The van der Waals surface area contributed by atoms with Gasteiger partial charge in [-0.05, 0) is 38.1 Å². The average molecular weight is 408 g/mol. The van der Waals surface area contributed by atoms with Gasteiger partial charge in [0.15, 0.2) is 0 Å². The number of hydrogen-bond acceptors (Lipinski definition) is 6. The summed E-state index contributed by atoms with van der Waals surface area (Å²) in [6, 6.07) is 9.98. The average Bonchev–Trinajstić information content (AvgIpc) is 3.28. The largest absolute Gasteiger partial charge is 0.345 e. The van der Waals surface area contributed by atoms with Crippen LogP contribution in [0.3, 0.4) is 0 Å². The van der Waals surface area contributed by atoms with Crippen LogP contribution in [0.5, 0.6) is 0 Å². The standard InChI is InChI=1S/C21H24N6O3/c1-25-19(28)9-8-17(23-25)20(29)22-14-18-15-6-2-3-7-16(15)21(30)27(24-18)13-12-26-10-4-5-11-26/h2-3,6-9H,4-5,10-14H2,1H3,(H,22,29). The van der Waals surface area contributed by atoms with Crippen molar-refractivity contribution in [3.05, 3.63) is 68.5 Å². The van der Waals surface area contributed by atoms with Crippen molar-refractivity contribution in [3.8, 4) is 0 Å². The number of benzene rings is 1. The second-order valence-electron chi connectivity index (χ2n) is 7.43. The highest BCUT2D eigenvalue weighted by Crippen LogP contribution is 2.14. The Bertz CT molecular complexity index is 1190. The number of hydrogen-bond donors (Lipinski definition) is 1. The van der Waals surface area contributed by atoms with Gasteiger partial charge < -0.3 is 10.2 Å². The summed E-state index contributed by atoms with van der Waals surface area (Å²) in [5.74, 6) is -0.411. The topological polar surface area (TPSA) is 102 Å². The van der Waals surface area contributed by atoms with E-state index in [0.717, 1.165) is 24.3 Å². The molecule has 0 aliphatic carbocycles. The van der Waals surface area contributed by atoms with E-state index in [9.17, 15) is 14.4 Å². The van der Waals surface area contributed by atoms with Crippen LogP contribution in [0.15, 0.2) is 46.0 Å². The molecule has 0 bridgehead atoms. The lowest BCUT2D eigenvalue weighted by atomic mass is 10.1. The van der Waals surface area contributed by atoms with Crippen molar-refractivity contribution in [2.45, 2.75) is 25.9 Å². The number of aryl methyl sites for hydroxylation is 1. The molecule has 1 saturated heterocycles. The van der Waals surface area contributed by atoms with Crippen molar-refractivity contribution >= 4 is 16.7 Å². The van der Waals surface area contributed by atoms with Crippen LogP contribution >= 0.6 is 0 Å². The second kappa shape index (κ2) is 8.58. The summed E-state index contributed by atoms with van der Waals surface area (Å²) in [5, 5.41) is 12.6. The molecule has 0 spiro atoms. The van der Waals surface area contributed by atoms with Crippen molar-refractivity contribution in [3.63, 3.8) is 0 Å². The van der Waals surface area contributed by atoms with Crippen molar-refractivity contribution in [1.82, 2.24) is 29.8 Å². The molecule has 0 atom stereocenters. The summed E-state index contributed by atoms with van der Waals surface area (Å²) in [6.45, 7) is 3.54. The molecule has 9 nitrogen and oxygen atoms in total. The fourth-order valence-corrected chi connectivity index (χ4v) is 3.71. The van der Waals surface area contributed by atoms with Crippen LogP contribution in [-0.4, -0.2) is 50.0 Å². The Morgan fingerprint density at radius 2 is 1.73 bits per heavy atom. The lowest BCUT2D eigenvalue weighted by Crippen LogP contribution is -2.33. The predicted octanol–water partition coefficient (Wildman–Crippen LogP) is 0.516. The maximum atomic E-state index is 12.9. The van der Waals surface area contributed by atoms with Gasteiger partial charge in [0.2, 0.25) is 0 Å². The van der Waals surface area contributed by atoms with E-state index in [-0.39, 0.29) is 23.4 Å². The van der Waals surface area contributed by atoms with Gasteiger partial charge in [0, 0.05) is 25.0 Å². The maximum Gasteiger partial charge on any atom is 0.274 e. The molecule has 2 aromatic heterocycles. The van der Waals surface area contributed by atoms with Crippen LogP contribution < -0.4 is 16.4 Å². The van der Waals surface area contributed by atoms with E-state index in [1.54, 1.807) is 6.07 Å². The molecule has 9 heteroatoms. The number of amides is 1. The lowest BCUT2D eigenvalue weighted by molar-refractivity contribution is 0.0943. The third-order valence-corrected chi connectivity index (χ3v) is 5.38. The summed E-state index contributed by atoms with van der Waals surface area (Å²) in [4.78, 5) is 39.1. The minimum atomic E-state index is -0.411. The molecule has 3 heterocycles. The zero-order valence-electron chi connectivity index (χ0n) is 16.9. The molecule has 0 unspecified atom stereocenters. The molecule has 4 rings (SSSR count). The van der Waals surface area contributed by atoms with E-state index in [4.69, 9.17) is 0 Å². The molecule has 30 heavy (non-hydrogen) atoms. The third-order valence-electron chi connectivity index (χ3n) is 5.38. The van der Waals surface area contributed by atoms with Crippen LogP contribution in [0.2, 0.25) is 0 Å². The first-order valence-corrected chi connectivity index (χ1v) is 10.1. The molecule has 1 aliphatic rings. The fraction of sp³-hybridized carbons (Fsp3) is 0.381. The van der Waals surface area contributed by atoms with E-state index < -0.39 is 5.91 Å². The van der Waals surface area contributed by atoms with Crippen LogP contribution in [0.25, 0.3) is 10.8 Å². The smallest absolute Gasteiger partial charge is 0.274 e. The zero-order chi connectivity index (χ0) is 21.1. The summed E-state index contributed by atoms with van der Waals surface area (Å²) >= 11 is 0. The maximum absolute atomic E-state index is 12.9. The second-order valence-corrected chi connectivity index (χ2v) is 7.43. The molecule has 1 aromatic carbocycles. The molecule has 1 aliphatic heterocycles. The molecular weight excluding hydrogens is 384 g/mol. The first-order chi connectivity index (χ1) is 14.5. The SMILES string of the molecule is Cn1nc(C(=O)NCc2nn(CCN3CCCC3)c(=O)c3ccccc23)ccc1=O.